The molecule has 1 amide bonds. The van der Waals surface area contributed by atoms with Gasteiger partial charge in [-0.25, -0.2) is 0 Å². The third kappa shape index (κ3) is 5.05. The normalized spacial score (nSPS) is 10.5. The Morgan fingerprint density at radius 1 is 1.04 bits per heavy atom. The molecule has 0 saturated heterocycles. The van der Waals surface area contributed by atoms with Gasteiger partial charge in [-0.3, -0.25) is 4.79 Å². The molecule has 3 aromatic rings. The zero-order chi connectivity index (χ0) is 19.2. The lowest BCUT2D eigenvalue weighted by Gasteiger charge is -2.08. The predicted octanol–water partition coefficient (Wildman–Crippen LogP) is 5.47. The van der Waals surface area contributed by atoms with Crippen LogP contribution in [-0.2, 0) is 6.61 Å². The maximum absolute atomic E-state index is 12.4. The average molecular weight is 386 g/mol. The van der Waals surface area contributed by atoms with Crippen molar-refractivity contribution in [3.63, 3.8) is 0 Å². The molecule has 1 N–H and O–H groups in total. The number of rotatable bonds is 7. The first-order valence-corrected chi connectivity index (χ1v) is 8.95. The third-order valence-corrected chi connectivity index (χ3v) is 4.08. The van der Waals surface area contributed by atoms with Gasteiger partial charge in [0.2, 0.25) is 0 Å². The lowest BCUT2D eigenvalue weighted by Crippen LogP contribution is -2.11. The molecule has 1 aromatic heterocycles. The van der Waals surface area contributed by atoms with Crippen LogP contribution in [0.1, 0.15) is 28.8 Å². The molecule has 2 aromatic carbocycles. The second-order valence-electron chi connectivity index (χ2n) is 5.87. The fraction of sp³-hybridized carbons (Fsp3) is 0.190. The van der Waals surface area contributed by atoms with Crippen LogP contribution in [0.5, 0.6) is 11.5 Å². The minimum Gasteiger partial charge on any atom is -0.494 e. The van der Waals surface area contributed by atoms with Gasteiger partial charge >= 0.3 is 0 Å². The van der Waals surface area contributed by atoms with Crippen LogP contribution in [-0.4, -0.2) is 12.5 Å². The maximum Gasteiger partial charge on any atom is 0.291 e. The molecule has 0 radical (unpaired) electrons. The number of carbonyl (C=O) groups excluding carboxylic acids is 1. The minimum absolute atomic E-state index is 0.208. The summed E-state index contributed by atoms with van der Waals surface area (Å²) in [6, 6.07) is 16.0. The van der Waals surface area contributed by atoms with Crippen molar-refractivity contribution in [3.8, 4) is 11.5 Å². The smallest absolute Gasteiger partial charge is 0.291 e. The van der Waals surface area contributed by atoms with E-state index in [1.165, 1.54) is 0 Å². The number of nitrogens with one attached hydrogen (secondary N) is 1. The van der Waals surface area contributed by atoms with E-state index in [0.717, 1.165) is 11.3 Å². The largest absolute Gasteiger partial charge is 0.494 e. The van der Waals surface area contributed by atoms with E-state index < -0.39 is 0 Å². The minimum atomic E-state index is -0.340. The van der Waals surface area contributed by atoms with Gasteiger partial charge in [0, 0.05) is 10.7 Å². The molecule has 0 atom stereocenters. The number of halogens is 1. The molecule has 0 saturated carbocycles. The van der Waals surface area contributed by atoms with Gasteiger partial charge in [0.15, 0.2) is 5.76 Å². The Kier molecular flexibility index (Phi) is 6.04. The second kappa shape index (κ2) is 8.64. The summed E-state index contributed by atoms with van der Waals surface area (Å²) in [6.07, 6.45) is 0. The van der Waals surface area contributed by atoms with Crippen molar-refractivity contribution in [3.05, 3.63) is 76.7 Å². The number of amides is 1. The molecule has 0 aliphatic rings. The molecule has 27 heavy (non-hydrogen) atoms. The Hall–Kier alpha value is -2.92. The molecule has 0 bridgehead atoms. The van der Waals surface area contributed by atoms with Crippen LogP contribution in [0.25, 0.3) is 0 Å². The van der Waals surface area contributed by atoms with Gasteiger partial charge in [-0.15, -0.1) is 0 Å². The molecular weight excluding hydrogens is 366 g/mol. The topological polar surface area (TPSA) is 60.7 Å². The number of hydrogen-bond acceptors (Lipinski definition) is 4. The maximum atomic E-state index is 12.4. The number of ether oxygens (including phenoxy) is 2. The van der Waals surface area contributed by atoms with Crippen molar-refractivity contribution in [1.82, 2.24) is 0 Å². The Labute approximate surface area is 162 Å². The summed E-state index contributed by atoms with van der Waals surface area (Å²) in [5.74, 6) is 1.90. The van der Waals surface area contributed by atoms with Gasteiger partial charge in [0.1, 0.15) is 23.9 Å². The summed E-state index contributed by atoms with van der Waals surface area (Å²) < 4.78 is 16.6. The molecule has 0 aliphatic heterocycles. The lowest BCUT2D eigenvalue weighted by molar-refractivity contribution is 0.0992. The zero-order valence-electron chi connectivity index (χ0n) is 15.1. The van der Waals surface area contributed by atoms with E-state index in [9.17, 15) is 4.79 Å². The number of carbonyl (C=O) groups is 1. The third-order valence-electron chi connectivity index (χ3n) is 3.85. The van der Waals surface area contributed by atoms with E-state index in [1.807, 2.05) is 44.2 Å². The first kappa shape index (κ1) is 18.9. The number of hydrogen-bond donors (Lipinski definition) is 1. The zero-order valence-corrected chi connectivity index (χ0v) is 15.9. The summed E-state index contributed by atoms with van der Waals surface area (Å²) in [6.45, 7) is 4.66. The average Bonchev–Trinajstić information content (AvgIpc) is 3.14. The van der Waals surface area contributed by atoms with E-state index in [-0.39, 0.29) is 18.3 Å². The standard InChI is InChI=1S/C21H20ClNO4/c1-3-25-16-6-8-17(9-7-16)26-13-18-10-11-20(27-18)21(24)23-19-12-15(22)5-4-14(19)2/h4-12H,3,13H2,1-2H3,(H,23,24). The summed E-state index contributed by atoms with van der Waals surface area (Å²) >= 11 is 5.98. The Morgan fingerprint density at radius 2 is 1.74 bits per heavy atom. The van der Waals surface area contributed by atoms with Crippen molar-refractivity contribution in [2.45, 2.75) is 20.5 Å². The van der Waals surface area contributed by atoms with E-state index in [2.05, 4.69) is 5.32 Å². The Bertz CT molecular complexity index is 918. The fourth-order valence-corrected chi connectivity index (χ4v) is 2.62. The first-order chi connectivity index (χ1) is 13.0. The SMILES string of the molecule is CCOc1ccc(OCc2ccc(C(=O)Nc3cc(Cl)ccc3C)o2)cc1. The highest BCUT2D eigenvalue weighted by Gasteiger charge is 2.13. The number of anilines is 1. The highest BCUT2D eigenvalue weighted by atomic mass is 35.5. The van der Waals surface area contributed by atoms with Crippen molar-refractivity contribution < 1.29 is 18.7 Å². The molecule has 140 valence electrons. The molecule has 3 rings (SSSR count). The summed E-state index contributed by atoms with van der Waals surface area (Å²) in [4.78, 5) is 12.4. The van der Waals surface area contributed by atoms with Crippen molar-refractivity contribution in [2.24, 2.45) is 0 Å². The molecule has 5 nitrogen and oxygen atoms in total. The Balaban J connectivity index is 1.59. The molecular formula is C21H20ClNO4. The summed E-state index contributed by atoms with van der Waals surface area (Å²) in [7, 11) is 0. The van der Waals surface area contributed by atoms with Gasteiger partial charge in [-0.1, -0.05) is 17.7 Å². The second-order valence-corrected chi connectivity index (χ2v) is 6.31. The van der Waals surface area contributed by atoms with Crippen molar-refractivity contribution in [1.29, 1.82) is 0 Å². The molecule has 6 heteroatoms. The van der Waals surface area contributed by atoms with Crippen molar-refractivity contribution >= 4 is 23.2 Å². The van der Waals surface area contributed by atoms with E-state index in [1.54, 1.807) is 24.3 Å². The van der Waals surface area contributed by atoms with Gasteiger partial charge in [0.25, 0.3) is 5.91 Å². The van der Waals surface area contributed by atoms with Crippen LogP contribution in [0.3, 0.4) is 0 Å². The van der Waals surface area contributed by atoms with Crippen molar-refractivity contribution in [2.75, 3.05) is 11.9 Å². The quantitative estimate of drug-likeness (QED) is 0.585. The van der Waals surface area contributed by atoms with Gasteiger partial charge in [-0.05, 0) is 67.9 Å². The van der Waals surface area contributed by atoms with Crippen LogP contribution < -0.4 is 14.8 Å². The van der Waals surface area contributed by atoms with Crippen LogP contribution in [0.4, 0.5) is 5.69 Å². The molecule has 0 spiro atoms. The number of benzene rings is 2. The fourth-order valence-electron chi connectivity index (χ4n) is 2.44. The molecule has 0 fully saturated rings. The molecule has 1 heterocycles. The molecule has 0 aliphatic carbocycles. The number of aryl methyl sites for hydroxylation is 1. The summed E-state index contributed by atoms with van der Waals surface area (Å²) in [5.41, 5.74) is 1.56. The first-order valence-electron chi connectivity index (χ1n) is 8.57. The highest BCUT2D eigenvalue weighted by Crippen LogP contribution is 2.22. The summed E-state index contributed by atoms with van der Waals surface area (Å²) in [5, 5.41) is 3.36. The van der Waals surface area contributed by atoms with Gasteiger partial charge in [0.05, 0.1) is 6.61 Å². The van der Waals surface area contributed by atoms with E-state index in [4.69, 9.17) is 25.5 Å². The van der Waals surface area contributed by atoms with Crippen LogP contribution in [0.2, 0.25) is 5.02 Å². The van der Waals surface area contributed by atoms with Crippen LogP contribution in [0, 0.1) is 6.92 Å². The lowest BCUT2D eigenvalue weighted by atomic mass is 10.2. The Morgan fingerprint density at radius 3 is 2.44 bits per heavy atom. The van der Waals surface area contributed by atoms with E-state index >= 15 is 0 Å². The molecule has 0 unspecified atom stereocenters. The predicted molar refractivity (Wildman–Crippen MR) is 105 cm³/mol. The van der Waals surface area contributed by atoms with Gasteiger partial charge < -0.3 is 19.2 Å². The highest BCUT2D eigenvalue weighted by molar-refractivity contribution is 6.31. The van der Waals surface area contributed by atoms with E-state index in [0.29, 0.717) is 28.8 Å². The van der Waals surface area contributed by atoms with Crippen LogP contribution in [0.15, 0.2) is 59.0 Å². The monoisotopic (exact) mass is 385 g/mol. The van der Waals surface area contributed by atoms with Crippen LogP contribution >= 0.6 is 11.6 Å². The van der Waals surface area contributed by atoms with Gasteiger partial charge in [-0.2, -0.15) is 0 Å². The number of furan rings is 1.